The Kier molecular flexibility index (Phi) is 5.05. The molecule has 2 aliphatic carbocycles. The molecule has 1 unspecified atom stereocenters. The molecule has 5 heteroatoms. The monoisotopic (exact) mass is 393 g/mol. The van der Waals surface area contributed by atoms with Crippen molar-refractivity contribution >= 4 is 34.7 Å². The third-order valence-corrected chi connectivity index (χ3v) is 5.70. The molecule has 2 aromatic carbocycles. The van der Waals surface area contributed by atoms with Gasteiger partial charge in [0.25, 0.3) is 5.91 Å². The molecule has 0 aliphatic heterocycles. The summed E-state index contributed by atoms with van der Waals surface area (Å²) in [5, 5.41) is 12.5. The molecular formula is C23H20ClNO3. The lowest BCUT2D eigenvalue weighted by Crippen LogP contribution is -2.13. The van der Waals surface area contributed by atoms with Gasteiger partial charge in [0.2, 0.25) is 0 Å². The molecule has 1 atom stereocenters. The molecule has 4 rings (SSSR count). The van der Waals surface area contributed by atoms with Gasteiger partial charge in [-0.3, -0.25) is 9.59 Å². The Bertz CT molecular complexity index is 1020. The quantitative estimate of drug-likeness (QED) is 0.688. The summed E-state index contributed by atoms with van der Waals surface area (Å²) in [6.07, 6.45) is 6.92. The molecule has 28 heavy (non-hydrogen) atoms. The van der Waals surface area contributed by atoms with Gasteiger partial charge in [0.05, 0.1) is 10.6 Å². The van der Waals surface area contributed by atoms with Crippen LogP contribution in [0.2, 0.25) is 5.02 Å². The molecule has 0 heterocycles. The number of carbonyl (C=O) groups excluding carboxylic acids is 1. The van der Waals surface area contributed by atoms with Crippen LogP contribution < -0.4 is 5.32 Å². The summed E-state index contributed by atoms with van der Waals surface area (Å²) in [5.74, 6) is -0.961. The zero-order chi connectivity index (χ0) is 19.7. The van der Waals surface area contributed by atoms with Crippen molar-refractivity contribution < 1.29 is 14.7 Å². The van der Waals surface area contributed by atoms with Gasteiger partial charge in [-0.15, -0.1) is 0 Å². The highest BCUT2D eigenvalue weighted by Crippen LogP contribution is 2.49. The number of aliphatic carboxylic acids is 1. The van der Waals surface area contributed by atoms with Crippen molar-refractivity contribution in [2.75, 3.05) is 5.32 Å². The smallest absolute Gasteiger partial charge is 0.303 e. The number of hydrogen-bond donors (Lipinski definition) is 2. The van der Waals surface area contributed by atoms with Crippen LogP contribution in [0.4, 0.5) is 5.69 Å². The number of amides is 1. The maximum atomic E-state index is 12.6. The second kappa shape index (κ2) is 7.64. The fourth-order valence-corrected chi connectivity index (χ4v) is 4.33. The molecule has 0 saturated carbocycles. The van der Waals surface area contributed by atoms with Gasteiger partial charge in [0.15, 0.2) is 0 Å². The number of carboxylic acids is 1. The van der Waals surface area contributed by atoms with Crippen LogP contribution in [0.1, 0.15) is 53.1 Å². The largest absolute Gasteiger partial charge is 0.481 e. The minimum Gasteiger partial charge on any atom is -0.481 e. The lowest BCUT2D eigenvalue weighted by atomic mass is 9.87. The zero-order valence-electron chi connectivity index (χ0n) is 15.2. The Morgan fingerprint density at radius 2 is 2.00 bits per heavy atom. The van der Waals surface area contributed by atoms with Crippen molar-refractivity contribution in [3.8, 4) is 0 Å². The normalized spacial score (nSPS) is 17.2. The molecule has 0 fully saturated rings. The van der Waals surface area contributed by atoms with Crippen molar-refractivity contribution in [2.24, 2.45) is 0 Å². The van der Waals surface area contributed by atoms with E-state index in [-0.39, 0.29) is 18.2 Å². The lowest BCUT2D eigenvalue weighted by Gasteiger charge is -2.17. The summed E-state index contributed by atoms with van der Waals surface area (Å²) in [5.41, 5.74) is 5.86. The molecule has 2 aromatic rings. The molecule has 1 amide bonds. The second-order valence-corrected chi connectivity index (χ2v) is 7.51. The number of hydrogen-bond acceptors (Lipinski definition) is 2. The van der Waals surface area contributed by atoms with E-state index in [1.54, 1.807) is 24.3 Å². The van der Waals surface area contributed by atoms with E-state index in [9.17, 15) is 9.59 Å². The Labute approximate surface area is 168 Å². The number of rotatable bonds is 5. The minimum absolute atomic E-state index is 0.0863. The predicted molar refractivity (Wildman–Crippen MR) is 111 cm³/mol. The van der Waals surface area contributed by atoms with E-state index in [1.165, 1.54) is 11.1 Å². The van der Waals surface area contributed by atoms with Crippen LogP contribution in [-0.4, -0.2) is 17.0 Å². The van der Waals surface area contributed by atoms with Gasteiger partial charge in [-0.1, -0.05) is 47.5 Å². The standard InChI is InChI=1S/C23H20ClNO3/c24-21-8-4-3-7-19(21)23(28)25-14-9-10-17-15-5-1-2-6-16(15)18(20(17)13-14)11-12-22(26)27/h1,3-5,7-10,13,18H,2,6,11-12H2,(H,25,28)(H,26,27). The van der Waals surface area contributed by atoms with Crippen molar-refractivity contribution in [3.63, 3.8) is 0 Å². The van der Waals surface area contributed by atoms with Crippen LogP contribution in [0.15, 0.2) is 60.2 Å². The molecule has 0 aromatic heterocycles. The first-order valence-corrected chi connectivity index (χ1v) is 9.74. The van der Waals surface area contributed by atoms with E-state index in [0.717, 1.165) is 24.0 Å². The first-order valence-electron chi connectivity index (χ1n) is 9.36. The van der Waals surface area contributed by atoms with E-state index in [0.29, 0.717) is 22.7 Å². The van der Waals surface area contributed by atoms with E-state index >= 15 is 0 Å². The molecule has 142 valence electrons. The van der Waals surface area contributed by atoms with Crippen LogP contribution >= 0.6 is 11.6 Å². The summed E-state index contributed by atoms with van der Waals surface area (Å²) in [7, 11) is 0. The number of halogens is 1. The van der Waals surface area contributed by atoms with Crippen molar-refractivity contribution in [1.82, 2.24) is 0 Å². The Morgan fingerprint density at radius 3 is 2.79 bits per heavy atom. The number of carbonyl (C=O) groups is 2. The summed E-state index contributed by atoms with van der Waals surface area (Å²) in [6.45, 7) is 0. The molecule has 4 nitrogen and oxygen atoms in total. The van der Waals surface area contributed by atoms with Crippen molar-refractivity contribution in [3.05, 3.63) is 81.9 Å². The maximum absolute atomic E-state index is 12.6. The summed E-state index contributed by atoms with van der Waals surface area (Å²) in [6, 6.07) is 12.8. The molecular weight excluding hydrogens is 374 g/mol. The Hall–Kier alpha value is -2.85. The lowest BCUT2D eigenvalue weighted by molar-refractivity contribution is -0.137. The number of carboxylic acid groups (broad SMARTS) is 1. The highest BCUT2D eigenvalue weighted by molar-refractivity contribution is 6.34. The first-order chi connectivity index (χ1) is 13.5. The average Bonchev–Trinajstić information content (AvgIpc) is 2.99. The van der Waals surface area contributed by atoms with Gasteiger partial charge in [0.1, 0.15) is 0 Å². The highest BCUT2D eigenvalue weighted by atomic mass is 35.5. The topological polar surface area (TPSA) is 66.4 Å². The molecule has 0 spiro atoms. The summed E-state index contributed by atoms with van der Waals surface area (Å²) < 4.78 is 0. The van der Waals surface area contributed by atoms with Gasteiger partial charge in [0, 0.05) is 18.0 Å². The third-order valence-electron chi connectivity index (χ3n) is 5.37. The van der Waals surface area contributed by atoms with Crippen molar-refractivity contribution in [1.29, 1.82) is 0 Å². The predicted octanol–water partition coefficient (Wildman–Crippen LogP) is 5.66. The van der Waals surface area contributed by atoms with Crippen LogP contribution in [-0.2, 0) is 4.79 Å². The zero-order valence-corrected chi connectivity index (χ0v) is 16.0. The van der Waals surface area contributed by atoms with Crippen LogP contribution in [0.25, 0.3) is 5.57 Å². The summed E-state index contributed by atoms with van der Waals surface area (Å²) in [4.78, 5) is 23.7. The van der Waals surface area contributed by atoms with Gasteiger partial charge < -0.3 is 10.4 Å². The maximum Gasteiger partial charge on any atom is 0.303 e. The number of anilines is 1. The van der Waals surface area contributed by atoms with E-state index in [1.807, 2.05) is 18.2 Å². The van der Waals surface area contributed by atoms with E-state index < -0.39 is 5.97 Å². The first kappa shape index (κ1) is 18.5. The second-order valence-electron chi connectivity index (χ2n) is 7.10. The molecule has 2 aliphatic rings. The minimum atomic E-state index is -0.787. The number of nitrogens with one attached hydrogen (secondary N) is 1. The molecule has 0 radical (unpaired) electrons. The third kappa shape index (κ3) is 3.48. The number of fused-ring (bicyclic) bond motifs is 2. The van der Waals surface area contributed by atoms with Gasteiger partial charge in [-0.05, 0) is 60.2 Å². The van der Waals surface area contributed by atoms with Crippen LogP contribution in [0.3, 0.4) is 0 Å². The number of benzene rings is 2. The Morgan fingerprint density at radius 1 is 1.18 bits per heavy atom. The van der Waals surface area contributed by atoms with Crippen LogP contribution in [0.5, 0.6) is 0 Å². The van der Waals surface area contributed by atoms with Crippen molar-refractivity contribution in [2.45, 2.75) is 31.6 Å². The fraction of sp³-hybridized carbons (Fsp3) is 0.217. The van der Waals surface area contributed by atoms with Gasteiger partial charge >= 0.3 is 5.97 Å². The highest BCUT2D eigenvalue weighted by Gasteiger charge is 2.31. The summed E-state index contributed by atoms with van der Waals surface area (Å²) >= 11 is 6.13. The average molecular weight is 394 g/mol. The van der Waals surface area contributed by atoms with E-state index in [4.69, 9.17) is 16.7 Å². The number of allylic oxidation sites excluding steroid dienone is 4. The molecule has 0 bridgehead atoms. The molecule has 2 N–H and O–H groups in total. The molecule has 0 saturated heterocycles. The SMILES string of the molecule is O=C(O)CCC1C2=C(C=CCC2)c2ccc(NC(=O)c3ccccc3Cl)cc21. The fourth-order valence-electron chi connectivity index (χ4n) is 4.11. The van der Waals surface area contributed by atoms with E-state index in [2.05, 4.69) is 17.5 Å². The van der Waals surface area contributed by atoms with Gasteiger partial charge in [-0.25, -0.2) is 0 Å². The Balaban J connectivity index is 1.64. The van der Waals surface area contributed by atoms with Crippen LogP contribution in [0, 0.1) is 0 Å². The van der Waals surface area contributed by atoms with Gasteiger partial charge in [-0.2, -0.15) is 0 Å².